The monoisotopic (exact) mass is 149 g/mol. The smallest absolute Gasteiger partial charge is 0.124 e. The predicted molar refractivity (Wildman–Crippen MR) is 43.6 cm³/mol. The number of benzene rings is 1. The maximum atomic E-state index is 5.79. The SMILES string of the molecule is Cc1ccc2c(c1)C(N)CO2. The Balaban J connectivity index is 2.52. The molecule has 0 amide bonds. The summed E-state index contributed by atoms with van der Waals surface area (Å²) in [5.74, 6) is 0.947. The first-order valence-corrected chi connectivity index (χ1v) is 3.76. The summed E-state index contributed by atoms with van der Waals surface area (Å²) in [5.41, 5.74) is 8.17. The molecule has 0 radical (unpaired) electrons. The molecule has 1 aromatic rings. The highest BCUT2D eigenvalue weighted by atomic mass is 16.5. The van der Waals surface area contributed by atoms with Crippen LogP contribution >= 0.6 is 0 Å². The van der Waals surface area contributed by atoms with Gasteiger partial charge in [-0.3, -0.25) is 0 Å². The lowest BCUT2D eigenvalue weighted by molar-refractivity contribution is 0.333. The number of ether oxygens (including phenoxy) is 1. The van der Waals surface area contributed by atoms with Crippen molar-refractivity contribution in [2.45, 2.75) is 13.0 Å². The van der Waals surface area contributed by atoms with Gasteiger partial charge in [0.25, 0.3) is 0 Å². The third-order valence-electron chi connectivity index (χ3n) is 1.98. The van der Waals surface area contributed by atoms with Crippen molar-refractivity contribution in [2.24, 2.45) is 5.73 Å². The highest BCUT2D eigenvalue weighted by Gasteiger charge is 2.19. The van der Waals surface area contributed by atoms with Gasteiger partial charge in [0.2, 0.25) is 0 Å². The van der Waals surface area contributed by atoms with E-state index in [1.807, 2.05) is 12.1 Å². The first-order valence-electron chi connectivity index (χ1n) is 3.76. The molecular weight excluding hydrogens is 138 g/mol. The minimum Gasteiger partial charge on any atom is -0.491 e. The van der Waals surface area contributed by atoms with Crippen LogP contribution < -0.4 is 10.5 Å². The van der Waals surface area contributed by atoms with Crippen LogP contribution in [0.15, 0.2) is 18.2 Å². The molecule has 2 rings (SSSR count). The second kappa shape index (κ2) is 2.24. The second-order valence-corrected chi connectivity index (χ2v) is 2.96. The van der Waals surface area contributed by atoms with Crippen molar-refractivity contribution in [1.29, 1.82) is 0 Å². The van der Waals surface area contributed by atoms with E-state index in [4.69, 9.17) is 10.5 Å². The minimum absolute atomic E-state index is 0.0740. The largest absolute Gasteiger partial charge is 0.491 e. The molecule has 2 heteroatoms. The Bertz CT molecular complexity index is 283. The molecule has 2 N–H and O–H groups in total. The van der Waals surface area contributed by atoms with Gasteiger partial charge in [-0.15, -0.1) is 0 Å². The molecule has 0 spiro atoms. The van der Waals surface area contributed by atoms with Gasteiger partial charge in [0.1, 0.15) is 12.4 Å². The van der Waals surface area contributed by atoms with Crippen LogP contribution in [0.4, 0.5) is 0 Å². The van der Waals surface area contributed by atoms with Crippen molar-refractivity contribution in [1.82, 2.24) is 0 Å². The fourth-order valence-electron chi connectivity index (χ4n) is 1.36. The summed E-state index contributed by atoms with van der Waals surface area (Å²) in [6.45, 7) is 2.68. The standard InChI is InChI=1S/C9H11NO/c1-6-2-3-9-7(4-6)8(10)5-11-9/h2-4,8H,5,10H2,1H3. The fourth-order valence-corrected chi connectivity index (χ4v) is 1.36. The van der Waals surface area contributed by atoms with Gasteiger partial charge in [-0.25, -0.2) is 0 Å². The van der Waals surface area contributed by atoms with E-state index in [0.29, 0.717) is 6.61 Å². The van der Waals surface area contributed by atoms with Crippen LogP contribution in [-0.2, 0) is 0 Å². The van der Waals surface area contributed by atoms with E-state index in [1.165, 1.54) is 5.56 Å². The lowest BCUT2D eigenvalue weighted by Crippen LogP contribution is -2.10. The van der Waals surface area contributed by atoms with Crippen LogP contribution in [0.25, 0.3) is 0 Å². The van der Waals surface area contributed by atoms with Gasteiger partial charge in [-0.05, 0) is 13.0 Å². The summed E-state index contributed by atoms with van der Waals surface area (Å²) in [4.78, 5) is 0. The molecule has 11 heavy (non-hydrogen) atoms. The van der Waals surface area contributed by atoms with Crippen LogP contribution in [-0.4, -0.2) is 6.61 Å². The average Bonchev–Trinajstić information content (AvgIpc) is 2.33. The van der Waals surface area contributed by atoms with Crippen LogP contribution in [0, 0.1) is 6.92 Å². The first kappa shape index (κ1) is 6.68. The van der Waals surface area contributed by atoms with Gasteiger partial charge >= 0.3 is 0 Å². The lowest BCUT2D eigenvalue weighted by atomic mass is 10.1. The van der Waals surface area contributed by atoms with Crippen molar-refractivity contribution in [2.75, 3.05) is 6.61 Å². The molecule has 0 aliphatic carbocycles. The number of rotatable bonds is 0. The summed E-state index contributed by atoms with van der Waals surface area (Å²) >= 11 is 0. The van der Waals surface area contributed by atoms with E-state index in [2.05, 4.69) is 13.0 Å². The molecule has 1 unspecified atom stereocenters. The van der Waals surface area contributed by atoms with Crippen molar-refractivity contribution in [3.63, 3.8) is 0 Å². The zero-order valence-electron chi connectivity index (χ0n) is 6.50. The van der Waals surface area contributed by atoms with E-state index in [0.717, 1.165) is 11.3 Å². The van der Waals surface area contributed by atoms with Crippen LogP contribution in [0.2, 0.25) is 0 Å². The number of fused-ring (bicyclic) bond motifs is 1. The first-order chi connectivity index (χ1) is 5.27. The van der Waals surface area contributed by atoms with Gasteiger partial charge in [-0.2, -0.15) is 0 Å². The molecule has 0 saturated heterocycles. The maximum absolute atomic E-state index is 5.79. The lowest BCUT2D eigenvalue weighted by Gasteiger charge is -2.00. The molecule has 0 saturated carbocycles. The van der Waals surface area contributed by atoms with Gasteiger partial charge in [0, 0.05) is 5.56 Å². The zero-order chi connectivity index (χ0) is 7.84. The molecule has 0 aromatic heterocycles. The highest BCUT2D eigenvalue weighted by molar-refractivity contribution is 5.41. The normalized spacial score (nSPS) is 21.1. The highest BCUT2D eigenvalue weighted by Crippen LogP contribution is 2.30. The van der Waals surface area contributed by atoms with E-state index in [9.17, 15) is 0 Å². The number of nitrogens with two attached hydrogens (primary N) is 1. The quantitative estimate of drug-likeness (QED) is 0.605. The summed E-state index contributed by atoms with van der Waals surface area (Å²) in [7, 11) is 0. The minimum atomic E-state index is 0.0740. The van der Waals surface area contributed by atoms with E-state index >= 15 is 0 Å². The fraction of sp³-hybridized carbons (Fsp3) is 0.333. The van der Waals surface area contributed by atoms with E-state index < -0.39 is 0 Å². The molecular formula is C9H11NO. The second-order valence-electron chi connectivity index (χ2n) is 2.96. The van der Waals surface area contributed by atoms with Gasteiger partial charge in [0.05, 0.1) is 6.04 Å². The molecule has 58 valence electrons. The van der Waals surface area contributed by atoms with E-state index in [-0.39, 0.29) is 6.04 Å². The summed E-state index contributed by atoms with van der Waals surface area (Å²) in [5, 5.41) is 0. The predicted octanol–water partition coefficient (Wildman–Crippen LogP) is 1.39. The van der Waals surface area contributed by atoms with Crippen LogP contribution in [0.3, 0.4) is 0 Å². The molecule has 1 atom stereocenters. The molecule has 0 fully saturated rings. The van der Waals surface area contributed by atoms with Gasteiger partial charge < -0.3 is 10.5 Å². The van der Waals surface area contributed by atoms with Crippen LogP contribution in [0.5, 0.6) is 5.75 Å². The number of hydrogen-bond acceptors (Lipinski definition) is 2. The van der Waals surface area contributed by atoms with Gasteiger partial charge in [-0.1, -0.05) is 17.7 Å². The topological polar surface area (TPSA) is 35.2 Å². The molecule has 1 heterocycles. The molecule has 0 bridgehead atoms. The Morgan fingerprint density at radius 1 is 1.55 bits per heavy atom. The Hall–Kier alpha value is -1.02. The maximum Gasteiger partial charge on any atom is 0.124 e. The van der Waals surface area contributed by atoms with Crippen molar-refractivity contribution < 1.29 is 4.74 Å². The number of aryl methyl sites for hydroxylation is 1. The van der Waals surface area contributed by atoms with Crippen molar-refractivity contribution in [3.05, 3.63) is 29.3 Å². The van der Waals surface area contributed by atoms with Crippen molar-refractivity contribution in [3.8, 4) is 5.75 Å². The Kier molecular flexibility index (Phi) is 1.36. The Morgan fingerprint density at radius 2 is 2.36 bits per heavy atom. The molecule has 1 aromatic carbocycles. The Morgan fingerprint density at radius 3 is 3.18 bits per heavy atom. The summed E-state index contributed by atoms with van der Waals surface area (Å²) in [6, 6.07) is 6.19. The van der Waals surface area contributed by atoms with Gasteiger partial charge in [0.15, 0.2) is 0 Å². The third kappa shape index (κ3) is 0.994. The van der Waals surface area contributed by atoms with E-state index in [1.54, 1.807) is 0 Å². The third-order valence-corrected chi connectivity index (χ3v) is 1.98. The number of hydrogen-bond donors (Lipinski definition) is 1. The molecule has 1 aliphatic rings. The molecule has 1 aliphatic heterocycles. The Labute approximate surface area is 66.0 Å². The average molecular weight is 149 g/mol. The summed E-state index contributed by atoms with van der Waals surface area (Å²) in [6.07, 6.45) is 0. The zero-order valence-corrected chi connectivity index (χ0v) is 6.50. The van der Waals surface area contributed by atoms with Crippen molar-refractivity contribution >= 4 is 0 Å². The van der Waals surface area contributed by atoms with Crippen LogP contribution in [0.1, 0.15) is 17.2 Å². The molecule has 2 nitrogen and oxygen atoms in total. The summed E-state index contributed by atoms with van der Waals surface area (Å²) < 4.78 is 5.34.